The van der Waals surface area contributed by atoms with Crippen LogP contribution in [0.1, 0.15) is 30.4 Å². The minimum atomic E-state index is 0.687. The Kier molecular flexibility index (Phi) is 2.87. The molecule has 1 fully saturated rings. The van der Waals surface area contributed by atoms with Crippen molar-refractivity contribution in [1.29, 1.82) is 0 Å². The molecule has 0 unspecified atom stereocenters. The summed E-state index contributed by atoms with van der Waals surface area (Å²) in [5.74, 6) is 0.744. The molecule has 1 N–H and O–H groups in total. The van der Waals surface area contributed by atoms with Gasteiger partial charge in [-0.25, -0.2) is 4.98 Å². The Morgan fingerprint density at radius 3 is 3.18 bits per heavy atom. The van der Waals surface area contributed by atoms with Crippen molar-refractivity contribution in [3.63, 3.8) is 0 Å². The predicted molar refractivity (Wildman–Crippen MR) is 60.2 cm³/mol. The fourth-order valence-corrected chi connectivity index (χ4v) is 1.87. The molecule has 0 bridgehead atoms. The largest absolute Gasteiger partial charge is 0.343 e. The number of rotatable bonds is 6. The summed E-state index contributed by atoms with van der Waals surface area (Å²) in [6.07, 6.45) is 8.57. The first-order valence-electron chi connectivity index (χ1n) is 5.90. The number of hydrogen-bond acceptors (Lipinski definition) is 5. The van der Waals surface area contributed by atoms with E-state index >= 15 is 0 Å². The Hall–Kier alpha value is -1.69. The summed E-state index contributed by atoms with van der Waals surface area (Å²) in [4.78, 5) is 8.17. The van der Waals surface area contributed by atoms with Crippen molar-refractivity contribution < 1.29 is 4.52 Å². The van der Waals surface area contributed by atoms with Crippen molar-refractivity contribution in [3.8, 4) is 0 Å². The van der Waals surface area contributed by atoms with E-state index in [2.05, 4.69) is 29.5 Å². The van der Waals surface area contributed by atoms with Crippen molar-refractivity contribution in [2.24, 2.45) is 0 Å². The minimum Gasteiger partial charge on any atom is -0.343 e. The van der Waals surface area contributed by atoms with E-state index in [-0.39, 0.29) is 0 Å². The fraction of sp³-hybridized carbons (Fsp3) is 0.545. The molecule has 0 saturated heterocycles. The van der Waals surface area contributed by atoms with Gasteiger partial charge in [-0.1, -0.05) is 5.16 Å². The molecule has 1 saturated carbocycles. The van der Waals surface area contributed by atoms with Gasteiger partial charge in [-0.15, -0.1) is 0 Å². The summed E-state index contributed by atoms with van der Waals surface area (Å²) in [6.45, 7) is 1.68. The van der Waals surface area contributed by atoms with Gasteiger partial charge in [-0.2, -0.15) is 4.98 Å². The van der Waals surface area contributed by atoms with Crippen LogP contribution < -0.4 is 5.32 Å². The maximum atomic E-state index is 4.67. The zero-order valence-electron chi connectivity index (χ0n) is 9.54. The highest BCUT2D eigenvalue weighted by Gasteiger charge is 2.24. The van der Waals surface area contributed by atoms with Crippen LogP contribution in [0.5, 0.6) is 0 Å². The summed E-state index contributed by atoms with van der Waals surface area (Å²) in [6, 6.07) is 0.687. The first-order valence-corrected chi connectivity index (χ1v) is 5.90. The van der Waals surface area contributed by atoms with Gasteiger partial charge in [0.05, 0.1) is 12.0 Å². The van der Waals surface area contributed by atoms with Gasteiger partial charge >= 0.3 is 0 Å². The van der Waals surface area contributed by atoms with Crippen LogP contribution in [0.2, 0.25) is 0 Å². The monoisotopic (exact) mass is 233 g/mol. The van der Waals surface area contributed by atoms with E-state index in [1.807, 2.05) is 12.5 Å². The molecule has 6 nitrogen and oxygen atoms in total. The molecule has 0 spiro atoms. The minimum absolute atomic E-state index is 0.687. The molecule has 6 heteroatoms. The molecule has 0 atom stereocenters. The van der Waals surface area contributed by atoms with Gasteiger partial charge < -0.3 is 14.4 Å². The number of aromatic nitrogens is 4. The second kappa shape index (κ2) is 4.67. The number of nitrogens with one attached hydrogen (secondary N) is 1. The third kappa shape index (κ3) is 2.52. The summed E-state index contributed by atoms with van der Waals surface area (Å²) in [5, 5.41) is 7.13. The zero-order valence-corrected chi connectivity index (χ0v) is 9.54. The fourth-order valence-electron chi connectivity index (χ4n) is 1.87. The maximum absolute atomic E-state index is 4.67. The van der Waals surface area contributed by atoms with Crippen LogP contribution in [0.15, 0.2) is 23.4 Å². The Morgan fingerprint density at radius 1 is 1.47 bits per heavy atom. The van der Waals surface area contributed by atoms with Gasteiger partial charge in [-0.05, 0) is 12.8 Å². The summed E-state index contributed by atoms with van der Waals surface area (Å²) < 4.78 is 6.94. The molecule has 0 radical (unpaired) electrons. The van der Waals surface area contributed by atoms with Crippen molar-refractivity contribution >= 4 is 0 Å². The highest BCUT2D eigenvalue weighted by atomic mass is 16.5. The van der Waals surface area contributed by atoms with Crippen molar-refractivity contribution in [3.05, 3.63) is 30.4 Å². The molecule has 0 aromatic carbocycles. The number of nitrogens with zero attached hydrogens (tertiary/aromatic N) is 4. The van der Waals surface area contributed by atoms with E-state index in [1.54, 1.807) is 0 Å². The molecule has 0 amide bonds. The Labute approximate surface area is 99.0 Å². The number of imidazole rings is 1. The zero-order chi connectivity index (χ0) is 11.5. The summed E-state index contributed by atoms with van der Waals surface area (Å²) in [5.41, 5.74) is 1.25. The lowest BCUT2D eigenvalue weighted by molar-refractivity contribution is 0.409. The van der Waals surface area contributed by atoms with Gasteiger partial charge in [0, 0.05) is 31.7 Å². The van der Waals surface area contributed by atoms with Crippen LogP contribution in [0, 0.1) is 0 Å². The van der Waals surface area contributed by atoms with Crippen LogP contribution in [0.4, 0.5) is 0 Å². The van der Waals surface area contributed by atoms with Gasteiger partial charge in [0.15, 0.2) is 5.82 Å². The Balaban J connectivity index is 1.46. The highest BCUT2D eigenvalue weighted by Crippen LogP contribution is 2.35. The molecule has 2 aromatic heterocycles. The topological polar surface area (TPSA) is 68.8 Å². The first kappa shape index (κ1) is 10.5. The molecule has 1 aliphatic rings. The number of hydrogen-bond donors (Lipinski definition) is 1. The van der Waals surface area contributed by atoms with Gasteiger partial charge in [0.25, 0.3) is 0 Å². The molecule has 2 heterocycles. The van der Waals surface area contributed by atoms with Crippen molar-refractivity contribution in [2.45, 2.75) is 31.8 Å². The molecule has 2 aromatic rings. The summed E-state index contributed by atoms with van der Waals surface area (Å²) in [7, 11) is 0. The van der Waals surface area contributed by atoms with Crippen molar-refractivity contribution in [2.75, 3.05) is 6.54 Å². The molecule has 3 rings (SSSR count). The lowest BCUT2D eigenvalue weighted by Crippen LogP contribution is -2.19. The van der Waals surface area contributed by atoms with E-state index in [4.69, 9.17) is 0 Å². The Bertz CT molecular complexity index is 460. The SMILES string of the molecule is c1nc(CCNCc2cncn2C2CC2)no1. The molecule has 1 aliphatic carbocycles. The van der Waals surface area contributed by atoms with Crippen molar-refractivity contribution in [1.82, 2.24) is 25.0 Å². The predicted octanol–water partition coefficient (Wildman–Crippen LogP) is 0.933. The average Bonchev–Trinajstić information content (AvgIpc) is 2.89. The average molecular weight is 233 g/mol. The normalized spacial score (nSPS) is 15.3. The van der Waals surface area contributed by atoms with Crippen LogP contribution >= 0.6 is 0 Å². The maximum Gasteiger partial charge on any atom is 0.213 e. The molecule has 0 aliphatic heterocycles. The van der Waals surface area contributed by atoms with Crippen LogP contribution in [0.25, 0.3) is 0 Å². The van der Waals surface area contributed by atoms with Gasteiger partial charge in [-0.3, -0.25) is 0 Å². The van der Waals surface area contributed by atoms with E-state index in [9.17, 15) is 0 Å². The summed E-state index contributed by atoms with van der Waals surface area (Å²) >= 11 is 0. The Morgan fingerprint density at radius 2 is 2.41 bits per heavy atom. The smallest absolute Gasteiger partial charge is 0.213 e. The van der Waals surface area contributed by atoms with Gasteiger partial charge in [0.2, 0.25) is 6.39 Å². The molecule has 90 valence electrons. The molecular formula is C11H15N5O. The van der Waals surface area contributed by atoms with E-state index < -0.39 is 0 Å². The van der Waals surface area contributed by atoms with E-state index in [0.717, 1.165) is 25.3 Å². The lowest BCUT2D eigenvalue weighted by atomic mass is 10.4. The van der Waals surface area contributed by atoms with E-state index in [1.165, 1.54) is 24.9 Å². The third-order valence-corrected chi connectivity index (χ3v) is 2.92. The molecule has 17 heavy (non-hydrogen) atoms. The van der Waals surface area contributed by atoms with Crippen LogP contribution in [-0.2, 0) is 13.0 Å². The quantitative estimate of drug-likeness (QED) is 0.752. The standard InChI is InChI=1S/C11H15N5O/c1-2-9(1)16-7-13-6-10(16)5-12-4-3-11-14-8-17-15-11/h6-9,12H,1-5H2. The highest BCUT2D eigenvalue weighted by molar-refractivity contribution is 5.03. The lowest BCUT2D eigenvalue weighted by Gasteiger charge is -2.06. The van der Waals surface area contributed by atoms with E-state index in [0.29, 0.717) is 6.04 Å². The third-order valence-electron chi connectivity index (χ3n) is 2.92. The molecular weight excluding hydrogens is 218 g/mol. The first-order chi connectivity index (χ1) is 8.43. The van der Waals surface area contributed by atoms with Crippen LogP contribution in [-0.4, -0.2) is 26.2 Å². The second-order valence-corrected chi connectivity index (χ2v) is 4.30. The second-order valence-electron chi connectivity index (χ2n) is 4.30. The van der Waals surface area contributed by atoms with Crippen LogP contribution in [0.3, 0.4) is 0 Å². The van der Waals surface area contributed by atoms with Gasteiger partial charge in [0.1, 0.15) is 0 Å².